The van der Waals surface area contributed by atoms with Crippen LogP contribution in [0.15, 0.2) is 24.3 Å². The molecule has 0 aliphatic carbocycles. The van der Waals surface area contributed by atoms with Gasteiger partial charge in [0.15, 0.2) is 0 Å². The predicted octanol–water partition coefficient (Wildman–Crippen LogP) is 7.29. The standard InChI is InChI=1S/C27H49N3O/c1-2-3-4-5-6-7-8-9-10-11-12-13-14-15-16-17-21-30(27(29)31)24-26-20-18-19-25(22-26)23-28/h18-20,22H,2-17,21,23-24,28H2,1H3,(H2,29,31). The van der Waals surface area contributed by atoms with Crippen molar-refractivity contribution in [3.63, 3.8) is 0 Å². The van der Waals surface area contributed by atoms with Crippen molar-refractivity contribution in [2.45, 2.75) is 123 Å². The second-order valence-corrected chi connectivity index (χ2v) is 9.09. The first-order valence-corrected chi connectivity index (χ1v) is 13.0. The fourth-order valence-corrected chi connectivity index (χ4v) is 4.19. The third kappa shape index (κ3) is 15.0. The van der Waals surface area contributed by atoms with Crippen LogP contribution in [0.25, 0.3) is 0 Å². The number of rotatable bonds is 20. The minimum absolute atomic E-state index is 0.334. The molecule has 178 valence electrons. The van der Waals surface area contributed by atoms with E-state index >= 15 is 0 Å². The molecule has 0 fully saturated rings. The highest BCUT2D eigenvalue weighted by atomic mass is 16.2. The average molecular weight is 432 g/mol. The molecular formula is C27H49N3O. The molecule has 1 rings (SSSR count). The van der Waals surface area contributed by atoms with E-state index in [1.54, 1.807) is 4.90 Å². The van der Waals surface area contributed by atoms with Crippen molar-refractivity contribution in [2.75, 3.05) is 6.54 Å². The number of urea groups is 1. The zero-order valence-corrected chi connectivity index (χ0v) is 20.3. The van der Waals surface area contributed by atoms with Gasteiger partial charge in [-0.2, -0.15) is 0 Å². The summed E-state index contributed by atoms with van der Waals surface area (Å²) < 4.78 is 0. The van der Waals surface area contributed by atoms with Gasteiger partial charge in [-0.05, 0) is 17.5 Å². The summed E-state index contributed by atoms with van der Waals surface area (Å²) >= 11 is 0. The lowest BCUT2D eigenvalue weighted by atomic mass is 10.0. The van der Waals surface area contributed by atoms with Gasteiger partial charge in [0.2, 0.25) is 0 Å². The number of hydrogen-bond acceptors (Lipinski definition) is 2. The molecule has 0 spiro atoms. The van der Waals surface area contributed by atoms with E-state index in [1.807, 2.05) is 18.2 Å². The topological polar surface area (TPSA) is 72.3 Å². The molecule has 1 aromatic carbocycles. The Labute approximate surface area is 192 Å². The maximum absolute atomic E-state index is 11.8. The maximum Gasteiger partial charge on any atom is 0.315 e. The fraction of sp³-hybridized carbons (Fsp3) is 0.741. The number of carbonyl (C=O) groups excluding carboxylic acids is 1. The smallest absolute Gasteiger partial charge is 0.315 e. The van der Waals surface area contributed by atoms with Crippen molar-refractivity contribution >= 4 is 6.03 Å². The van der Waals surface area contributed by atoms with Crippen molar-refractivity contribution in [2.24, 2.45) is 11.5 Å². The second-order valence-electron chi connectivity index (χ2n) is 9.09. The Kier molecular flexibility index (Phi) is 17.0. The Morgan fingerprint density at radius 3 is 1.65 bits per heavy atom. The molecule has 0 bridgehead atoms. The first kappa shape index (κ1) is 27.5. The number of amides is 2. The van der Waals surface area contributed by atoms with E-state index in [0.29, 0.717) is 13.1 Å². The van der Waals surface area contributed by atoms with Crippen LogP contribution >= 0.6 is 0 Å². The molecule has 2 amide bonds. The number of benzene rings is 1. The number of nitrogens with two attached hydrogens (primary N) is 2. The lowest BCUT2D eigenvalue weighted by molar-refractivity contribution is 0.203. The van der Waals surface area contributed by atoms with Crippen LogP contribution < -0.4 is 11.5 Å². The lowest BCUT2D eigenvalue weighted by Crippen LogP contribution is -2.36. The Hall–Kier alpha value is -1.55. The molecule has 0 aromatic heterocycles. The number of carbonyl (C=O) groups is 1. The normalized spacial score (nSPS) is 11.0. The summed E-state index contributed by atoms with van der Waals surface area (Å²) in [6.07, 6.45) is 21.6. The molecule has 0 atom stereocenters. The van der Waals surface area contributed by atoms with Crippen LogP contribution in [0.4, 0.5) is 4.79 Å². The van der Waals surface area contributed by atoms with E-state index in [0.717, 1.165) is 24.1 Å². The number of hydrogen-bond donors (Lipinski definition) is 2. The molecule has 0 aliphatic rings. The highest BCUT2D eigenvalue weighted by molar-refractivity contribution is 5.72. The Morgan fingerprint density at radius 1 is 0.742 bits per heavy atom. The largest absolute Gasteiger partial charge is 0.351 e. The molecule has 4 nitrogen and oxygen atoms in total. The van der Waals surface area contributed by atoms with E-state index in [9.17, 15) is 4.79 Å². The Morgan fingerprint density at radius 2 is 1.19 bits per heavy atom. The van der Waals surface area contributed by atoms with Crippen LogP contribution in [-0.2, 0) is 13.1 Å². The second kappa shape index (κ2) is 19.2. The van der Waals surface area contributed by atoms with Crippen LogP contribution in [0.2, 0.25) is 0 Å². The van der Waals surface area contributed by atoms with Crippen molar-refractivity contribution in [3.05, 3.63) is 35.4 Å². The van der Waals surface area contributed by atoms with Crippen molar-refractivity contribution in [1.29, 1.82) is 0 Å². The van der Waals surface area contributed by atoms with Gasteiger partial charge in [-0.25, -0.2) is 4.79 Å². The zero-order valence-electron chi connectivity index (χ0n) is 20.3. The summed E-state index contributed by atoms with van der Waals surface area (Å²) in [5, 5.41) is 0. The van der Waals surface area contributed by atoms with E-state index < -0.39 is 0 Å². The third-order valence-electron chi connectivity index (χ3n) is 6.19. The number of nitrogens with zero attached hydrogens (tertiary/aromatic N) is 1. The van der Waals surface area contributed by atoms with Gasteiger partial charge in [0, 0.05) is 19.6 Å². The quantitative estimate of drug-likeness (QED) is 0.213. The minimum Gasteiger partial charge on any atom is -0.351 e. The van der Waals surface area contributed by atoms with Crippen LogP contribution in [0.1, 0.15) is 121 Å². The molecule has 0 radical (unpaired) electrons. The van der Waals surface area contributed by atoms with Crippen LogP contribution in [0.3, 0.4) is 0 Å². The molecule has 0 heterocycles. The van der Waals surface area contributed by atoms with Gasteiger partial charge in [-0.3, -0.25) is 0 Å². The average Bonchev–Trinajstić information content (AvgIpc) is 2.78. The summed E-state index contributed by atoms with van der Waals surface area (Å²) in [5.74, 6) is 0. The Bertz CT molecular complexity index is 561. The SMILES string of the molecule is CCCCCCCCCCCCCCCCCCN(Cc1cccc(CN)c1)C(N)=O. The molecule has 4 N–H and O–H groups in total. The maximum atomic E-state index is 11.8. The van der Waals surface area contributed by atoms with E-state index in [2.05, 4.69) is 13.0 Å². The van der Waals surface area contributed by atoms with E-state index in [4.69, 9.17) is 11.5 Å². The lowest BCUT2D eigenvalue weighted by Gasteiger charge is -2.20. The van der Waals surface area contributed by atoms with E-state index in [-0.39, 0.29) is 6.03 Å². The molecule has 0 aliphatic heterocycles. The summed E-state index contributed by atoms with van der Waals surface area (Å²) in [4.78, 5) is 13.5. The highest BCUT2D eigenvalue weighted by Crippen LogP contribution is 2.14. The number of unbranched alkanes of at least 4 members (excludes halogenated alkanes) is 15. The first-order chi connectivity index (χ1) is 15.2. The first-order valence-electron chi connectivity index (χ1n) is 13.0. The molecule has 0 saturated carbocycles. The molecule has 4 heteroatoms. The van der Waals surface area contributed by atoms with Gasteiger partial charge >= 0.3 is 6.03 Å². The highest BCUT2D eigenvalue weighted by Gasteiger charge is 2.10. The number of primary amides is 1. The summed E-state index contributed by atoms with van der Waals surface area (Å²) in [7, 11) is 0. The molecule has 0 saturated heterocycles. The van der Waals surface area contributed by atoms with E-state index in [1.165, 1.54) is 96.3 Å². The molecule has 1 aromatic rings. The van der Waals surface area contributed by atoms with Crippen LogP contribution in [-0.4, -0.2) is 17.5 Å². The van der Waals surface area contributed by atoms with Gasteiger partial charge in [-0.15, -0.1) is 0 Å². The summed E-state index contributed by atoms with van der Waals surface area (Å²) in [6, 6.07) is 7.75. The van der Waals surface area contributed by atoms with Crippen molar-refractivity contribution in [1.82, 2.24) is 4.90 Å². The monoisotopic (exact) mass is 431 g/mol. The fourth-order valence-electron chi connectivity index (χ4n) is 4.19. The summed E-state index contributed by atoms with van der Waals surface area (Å²) in [5.41, 5.74) is 13.5. The van der Waals surface area contributed by atoms with Gasteiger partial charge in [0.1, 0.15) is 0 Å². The van der Waals surface area contributed by atoms with Gasteiger partial charge in [0.05, 0.1) is 0 Å². The summed E-state index contributed by atoms with van der Waals surface area (Å²) in [6.45, 7) is 4.11. The van der Waals surface area contributed by atoms with Gasteiger partial charge < -0.3 is 16.4 Å². The Balaban J connectivity index is 1.96. The van der Waals surface area contributed by atoms with Crippen LogP contribution in [0.5, 0.6) is 0 Å². The minimum atomic E-state index is -0.334. The molecule has 31 heavy (non-hydrogen) atoms. The third-order valence-corrected chi connectivity index (χ3v) is 6.19. The van der Waals surface area contributed by atoms with Gasteiger partial charge in [-0.1, -0.05) is 128 Å². The molecular weight excluding hydrogens is 382 g/mol. The van der Waals surface area contributed by atoms with Crippen LogP contribution in [0, 0.1) is 0 Å². The van der Waals surface area contributed by atoms with Gasteiger partial charge in [0.25, 0.3) is 0 Å². The molecule has 0 unspecified atom stereocenters. The van der Waals surface area contributed by atoms with Crippen molar-refractivity contribution < 1.29 is 4.79 Å². The van der Waals surface area contributed by atoms with Crippen molar-refractivity contribution in [3.8, 4) is 0 Å². The predicted molar refractivity (Wildman–Crippen MR) is 134 cm³/mol. The zero-order chi connectivity index (χ0) is 22.6.